The van der Waals surface area contributed by atoms with Crippen molar-refractivity contribution >= 4 is 23.4 Å². The Kier molecular flexibility index (Phi) is 6.18. The van der Waals surface area contributed by atoms with Crippen LogP contribution in [-0.4, -0.2) is 60.3 Å². The monoisotopic (exact) mass is 493 g/mol. The molecule has 4 heterocycles. The zero-order valence-corrected chi connectivity index (χ0v) is 21.4. The van der Waals surface area contributed by atoms with Crippen LogP contribution in [0.2, 0.25) is 5.02 Å². The van der Waals surface area contributed by atoms with Crippen molar-refractivity contribution in [3.8, 4) is 0 Å². The molecule has 2 aromatic rings. The Morgan fingerprint density at radius 3 is 2.37 bits per heavy atom. The number of fused-ring (bicyclic) bond motifs is 4. The third-order valence-corrected chi connectivity index (χ3v) is 9.35. The lowest BCUT2D eigenvalue weighted by molar-refractivity contribution is 0.0270. The molecule has 2 unspecified atom stereocenters. The average molecular weight is 494 g/mol. The first-order chi connectivity index (χ1) is 17.1. The molecule has 2 atom stereocenters. The highest BCUT2D eigenvalue weighted by Gasteiger charge is 2.48. The van der Waals surface area contributed by atoms with E-state index in [0.717, 1.165) is 56.9 Å². The van der Waals surface area contributed by atoms with Gasteiger partial charge in [-0.05, 0) is 93.9 Å². The predicted octanol–water partition coefficient (Wildman–Crippen LogP) is 5.85. The molecule has 0 radical (unpaired) electrons. The lowest BCUT2D eigenvalue weighted by Crippen LogP contribution is -2.57. The molecule has 5 nitrogen and oxygen atoms in total. The van der Waals surface area contributed by atoms with Gasteiger partial charge in [0.1, 0.15) is 0 Å². The van der Waals surface area contributed by atoms with E-state index in [-0.39, 0.29) is 11.5 Å². The number of anilines is 1. The summed E-state index contributed by atoms with van der Waals surface area (Å²) in [5.74, 6) is 0. The summed E-state index contributed by atoms with van der Waals surface area (Å²) in [4.78, 5) is 19.9. The molecule has 1 spiro atoms. The number of rotatable bonds is 3. The van der Waals surface area contributed by atoms with Gasteiger partial charge in [0, 0.05) is 47.3 Å². The van der Waals surface area contributed by atoms with Crippen molar-refractivity contribution < 1.29 is 9.53 Å². The van der Waals surface area contributed by atoms with Crippen LogP contribution in [-0.2, 0) is 16.7 Å². The summed E-state index contributed by atoms with van der Waals surface area (Å²) in [6.07, 6.45) is 6.70. The molecular formula is C29H36ClN3O2. The fraction of sp³-hybridized carbons (Fsp3) is 0.552. The number of piperidine rings is 2. The number of hydrogen-bond donors (Lipinski definition) is 0. The molecule has 6 rings (SSSR count). The van der Waals surface area contributed by atoms with Gasteiger partial charge in [0.15, 0.2) is 0 Å². The SMILES string of the molecule is CCOC(=O)N1C2CCC1CC(N1CCC3(CC1)CN(c1ccc(Cl)cc1)Cc1ccccc13)C2. The summed E-state index contributed by atoms with van der Waals surface area (Å²) in [6.45, 7) is 6.64. The molecule has 3 fully saturated rings. The van der Waals surface area contributed by atoms with Crippen molar-refractivity contribution in [2.75, 3.05) is 31.1 Å². The Balaban J connectivity index is 1.18. The van der Waals surface area contributed by atoms with E-state index in [1.165, 1.54) is 24.1 Å². The Labute approximate surface area is 214 Å². The summed E-state index contributed by atoms with van der Waals surface area (Å²) in [5.41, 5.74) is 4.47. The molecule has 0 aliphatic carbocycles. The van der Waals surface area contributed by atoms with E-state index in [0.29, 0.717) is 24.7 Å². The molecule has 2 aromatic carbocycles. The molecule has 4 aliphatic heterocycles. The minimum atomic E-state index is -0.0999. The lowest BCUT2D eigenvalue weighted by atomic mass is 9.68. The second-order valence-electron chi connectivity index (χ2n) is 10.9. The summed E-state index contributed by atoms with van der Waals surface area (Å²) >= 11 is 6.18. The van der Waals surface area contributed by atoms with E-state index in [4.69, 9.17) is 16.3 Å². The highest BCUT2D eigenvalue weighted by molar-refractivity contribution is 6.30. The number of likely N-dealkylation sites (tertiary alicyclic amines) is 1. The van der Waals surface area contributed by atoms with Crippen molar-refractivity contribution in [3.05, 3.63) is 64.7 Å². The summed E-state index contributed by atoms with van der Waals surface area (Å²) in [5, 5.41) is 0.789. The number of halogens is 1. The van der Waals surface area contributed by atoms with Gasteiger partial charge in [0.05, 0.1) is 6.61 Å². The van der Waals surface area contributed by atoms with Crippen LogP contribution in [0.3, 0.4) is 0 Å². The normalized spacial score (nSPS) is 27.7. The second kappa shape index (κ2) is 9.33. The first kappa shape index (κ1) is 23.2. The molecule has 4 aliphatic rings. The quantitative estimate of drug-likeness (QED) is 0.537. The number of nitrogens with zero attached hydrogens (tertiary/aromatic N) is 3. The molecule has 0 aromatic heterocycles. The van der Waals surface area contributed by atoms with Gasteiger partial charge in [-0.1, -0.05) is 35.9 Å². The molecular weight excluding hydrogens is 458 g/mol. The van der Waals surface area contributed by atoms with E-state index < -0.39 is 0 Å². The highest BCUT2D eigenvalue weighted by atomic mass is 35.5. The van der Waals surface area contributed by atoms with E-state index in [9.17, 15) is 4.79 Å². The number of hydrogen-bond acceptors (Lipinski definition) is 4. The molecule has 0 N–H and O–H groups in total. The third-order valence-electron chi connectivity index (χ3n) is 9.09. The van der Waals surface area contributed by atoms with Gasteiger partial charge in [-0.15, -0.1) is 0 Å². The van der Waals surface area contributed by atoms with Gasteiger partial charge >= 0.3 is 6.09 Å². The minimum Gasteiger partial charge on any atom is -0.450 e. The molecule has 3 saturated heterocycles. The lowest BCUT2D eigenvalue weighted by Gasteiger charge is -2.52. The maximum atomic E-state index is 12.5. The van der Waals surface area contributed by atoms with Crippen molar-refractivity contribution in [2.24, 2.45) is 0 Å². The number of carbonyl (C=O) groups excluding carboxylic acids is 1. The van der Waals surface area contributed by atoms with Crippen LogP contribution in [0, 0.1) is 0 Å². The van der Waals surface area contributed by atoms with Gasteiger partial charge in [0.2, 0.25) is 0 Å². The van der Waals surface area contributed by atoms with Gasteiger partial charge in [-0.3, -0.25) is 0 Å². The minimum absolute atomic E-state index is 0.0999. The largest absolute Gasteiger partial charge is 0.450 e. The smallest absolute Gasteiger partial charge is 0.410 e. The van der Waals surface area contributed by atoms with Gasteiger partial charge in [0.25, 0.3) is 0 Å². The zero-order chi connectivity index (χ0) is 24.0. The number of carbonyl (C=O) groups is 1. The van der Waals surface area contributed by atoms with Crippen molar-refractivity contribution in [3.63, 3.8) is 0 Å². The van der Waals surface area contributed by atoms with Crippen LogP contribution < -0.4 is 4.90 Å². The standard InChI is InChI=1S/C29H36ClN3O2/c1-2-35-28(34)33-24-11-12-25(33)18-26(17-24)31-15-13-29(14-16-31)20-32(23-9-7-22(30)8-10-23)19-21-5-3-4-6-27(21)29/h3-10,24-26H,2,11-20H2,1H3. The van der Waals surface area contributed by atoms with Crippen molar-refractivity contribution in [1.82, 2.24) is 9.80 Å². The fourth-order valence-electron chi connectivity index (χ4n) is 7.41. The Bertz CT molecular complexity index is 1050. The van der Waals surface area contributed by atoms with Crippen molar-refractivity contribution in [2.45, 2.75) is 75.5 Å². The van der Waals surface area contributed by atoms with Crippen LogP contribution >= 0.6 is 11.6 Å². The fourth-order valence-corrected chi connectivity index (χ4v) is 7.54. The van der Waals surface area contributed by atoms with Crippen molar-refractivity contribution in [1.29, 1.82) is 0 Å². The molecule has 186 valence electrons. The number of ether oxygens (including phenoxy) is 1. The maximum Gasteiger partial charge on any atom is 0.410 e. The van der Waals surface area contributed by atoms with Crippen LogP contribution in [0.5, 0.6) is 0 Å². The van der Waals surface area contributed by atoms with Crippen LogP contribution in [0.15, 0.2) is 48.5 Å². The molecule has 6 heteroatoms. The second-order valence-corrected chi connectivity index (χ2v) is 11.4. The molecule has 35 heavy (non-hydrogen) atoms. The number of benzene rings is 2. The average Bonchev–Trinajstić information content (AvgIpc) is 3.14. The van der Waals surface area contributed by atoms with E-state index in [1.54, 1.807) is 5.56 Å². The zero-order valence-electron chi connectivity index (χ0n) is 20.7. The molecule has 0 saturated carbocycles. The highest BCUT2D eigenvalue weighted by Crippen LogP contribution is 2.45. The van der Waals surface area contributed by atoms with E-state index >= 15 is 0 Å². The van der Waals surface area contributed by atoms with Crippen LogP contribution in [0.1, 0.15) is 56.6 Å². The Morgan fingerprint density at radius 2 is 1.69 bits per heavy atom. The summed E-state index contributed by atoms with van der Waals surface area (Å²) in [6, 6.07) is 18.7. The Morgan fingerprint density at radius 1 is 1.00 bits per heavy atom. The predicted molar refractivity (Wildman–Crippen MR) is 140 cm³/mol. The van der Waals surface area contributed by atoms with E-state index in [1.807, 2.05) is 19.1 Å². The third kappa shape index (κ3) is 4.21. The van der Waals surface area contributed by atoms with Gasteiger partial charge in [-0.25, -0.2) is 4.79 Å². The van der Waals surface area contributed by atoms with Gasteiger partial charge < -0.3 is 19.4 Å². The Hall–Kier alpha value is -2.24. The summed E-state index contributed by atoms with van der Waals surface area (Å²) < 4.78 is 5.37. The molecule has 1 amide bonds. The summed E-state index contributed by atoms with van der Waals surface area (Å²) in [7, 11) is 0. The molecule has 2 bridgehead atoms. The number of amides is 1. The topological polar surface area (TPSA) is 36.0 Å². The van der Waals surface area contributed by atoms with Crippen LogP contribution in [0.25, 0.3) is 0 Å². The van der Waals surface area contributed by atoms with Gasteiger partial charge in [-0.2, -0.15) is 0 Å². The van der Waals surface area contributed by atoms with Crippen LogP contribution in [0.4, 0.5) is 10.5 Å². The first-order valence-corrected chi connectivity index (χ1v) is 13.7. The maximum absolute atomic E-state index is 12.5. The van der Waals surface area contributed by atoms with E-state index in [2.05, 4.69) is 51.1 Å². The first-order valence-electron chi connectivity index (χ1n) is 13.3.